The Morgan fingerprint density at radius 2 is 2.00 bits per heavy atom. The number of nitrogens with zero attached hydrogens (tertiary/aromatic N) is 1. The first kappa shape index (κ1) is 15.9. The predicted octanol–water partition coefficient (Wildman–Crippen LogP) is 2.19. The van der Waals surface area contributed by atoms with E-state index >= 15 is 0 Å². The van der Waals surface area contributed by atoms with Crippen LogP contribution in [0.4, 0.5) is 10.5 Å². The Labute approximate surface area is 129 Å². The number of hydrogen-bond donors (Lipinski definition) is 2. The molecule has 1 aliphatic heterocycles. The van der Waals surface area contributed by atoms with Gasteiger partial charge >= 0.3 is 12.0 Å². The third-order valence-corrected chi connectivity index (χ3v) is 3.72. The smallest absolute Gasteiger partial charge is 0.337 e. The van der Waals surface area contributed by atoms with Crippen LogP contribution in [0.5, 0.6) is 0 Å². The number of esters is 1. The van der Waals surface area contributed by atoms with Crippen molar-refractivity contribution in [3.05, 3.63) is 41.1 Å². The Hall–Kier alpha value is -2.50. The van der Waals surface area contributed by atoms with Gasteiger partial charge < -0.3 is 15.8 Å². The number of carbonyl (C=O) groups is 2. The van der Waals surface area contributed by atoms with Gasteiger partial charge in [-0.25, -0.2) is 9.59 Å². The van der Waals surface area contributed by atoms with Crippen molar-refractivity contribution in [2.75, 3.05) is 19.4 Å². The molecule has 2 rings (SSSR count). The van der Waals surface area contributed by atoms with E-state index in [9.17, 15) is 9.59 Å². The molecule has 0 bridgehead atoms. The molecule has 0 saturated carbocycles. The van der Waals surface area contributed by atoms with Crippen molar-refractivity contribution in [2.24, 2.45) is 0 Å². The maximum atomic E-state index is 12.3. The molecule has 1 aliphatic rings. The molecule has 0 aromatic heterocycles. The minimum atomic E-state index is -0.534. The van der Waals surface area contributed by atoms with Gasteiger partial charge in [0.2, 0.25) is 0 Å². The van der Waals surface area contributed by atoms with Gasteiger partial charge in [0.25, 0.3) is 0 Å². The van der Waals surface area contributed by atoms with Crippen molar-refractivity contribution in [3.63, 3.8) is 0 Å². The fourth-order valence-electron chi connectivity index (χ4n) is 2.59. The van der Waals surface area contributed by atoms with E-state index in [0.717, 1.165) is 12.0 Å². The summed E-state index contributed by atoms with van der Waals surface area (Å²) in [6.07, 6.45) is 0.797. The molecule has 1 unspecified atom stereocenters. The van der Waals surface area contributed by atoms with Gasteiger partial charge in [-0.1, -0.05) is 19.1 Å². The van der Waals surface area contributed by atoms with Crippen LogP contribution in [0.2, 0.25) is 0 Å². The van der Waals surface area contributed by atoms with Crippen LogP contribution in [-0.2, 0) is 9.53 Å². The molecule has 1 aromatic rings. The molecule has 0 saturated heterocycles. The lowest BCUT2D eigenvalue weighted by Crippen LogP contribution is -2.48. The van der Waals surface area contributed by atoms with E-state index in [0.29, 0.717) is 23.5 Å². The summed E-state index contributed by atoms with van der Waals surface area (Å²) < 4.78 is 4.90. The van der Waals surface area contributed by atoms with E-state index in [1.807, 2.05) is 6.92 Å². The number of hydrogen-bond acceptors (Lipinski definition) is 4. The molecule has 0 fully saturated rings. The van der Waals surface area contributed by atoms with Crippen molar-refractivity contribution < 1.29 is 14.3 Å². The van der Waals surface area contributed by atoms with Gasteiger partial charge in [0, 0.05) is 17.9 Å². The Morgan fingerprint density at radius 3 is 2.55 bits per heavy atom. The van der Waals surface area contributed by atoms with E-state index in [4.69, 9.17) is 10.5 Å². The summed E-state index contributed by atoms with van der Waals surface area (Å²) in [5, 5.41) is 2.87. The molecule has 0 radical (unpaired) electrons. The lowest BCUT2D eigenvalue weighted by atomic mass is 9.94. The number of anilines is 1. The van der Waals surface area contributed by atoms with Crippen LogP contribution in [0.3, 0.4) is 0 Å². The number of benzene rings is 1. The van der Waals surface area contributed by atoms with Crippen molar-refractivity contribution in [3.8, 4) is 0 Å². The third kappa shape index (κ3) is 2.90. The number of carbonyl (C=O) groups excluding carboxylic acids is 2. The van der Waals surface area contributed by atoms with Gasteiger partial charge in [0.05, 0.1) is 18.7 Å². The van der Waals surface area contributed by atoms with Crippen LogP contribution < -0.4 is 11.1 Å². The van der Waals surface area contributed by atoms with E-state index in [2.05, 4.69) is 5.32 Å². The van der Waals surface area contributed by atoms with Crippen LogP contribution in [0.15, 0.2) is 35.5 Å². The molecule has 118 valence electrons. The number of allylic oxidation sites excluding steroid dienone is 1. The predicted molar refractivity (Wildman–Crippen MR) is 83.8 cm³/mol. The fraction of sp³-hybridized carbons (Fsp3) is 0.375. The molecule has 0 spiro atoms. The second-order valence-electron chi connectivity index (χ2n) is 5.19. The number of nitrogen functional groups attached to an aromatic ring is 1. The normalized spacial score (nSPS) is 18.2. The van der Waals surface area contributed by atoms with Crippen molar-refractivity contribution in [1.82, 2.24) is 10.2 Å². The van der Waals surface area contributed by atoms with Crippen molar-refractivity contribution in [1.29, 1.82) is 0 Å². The number of methoxy groups -OCH3 is 1. The monoisotopic (exact) mass is 303 g/mol. The van der Waals surface area contributed by atoms with E-state index in [1.165, 1.54) is 7.11 Å². The van der Waals surface area contributed by atoms with Crippen LogP contribution in [0.1, 0.15) is 31.9 Å². The highest BCUT2D eigenvalue weighted by atomic mass is 16.5. The maximum absolute atomic E-state index is 12.3. The average molecular weight is 303 g/mol. The van der Waals surface area contributed by atoms with Crippen molar-refractivity contribution in [2.45, 2.75) is 26.3 Å². The molecule has 22 heavy (non-hydrogen) atoms. The highest BCUT2D eigenvalue weighted by molar-refractivity contribution is 5.95. The first-order valence-electron chi connectivity index (χ1n) is 7.22. The molecule has 6 nitrogen and oxygen atoms in total. The molecule has 1 heterocycles. The van der Waals surface area contributed by atoms with Gasteiger partial charge in [0.15, 0.2) is 0 Å². The number of nitrogens with one attached hydrogen (secondary N) is 1. The third-order valence-electron chi connectivity index (χ3n) is 3.72. The molecule has 3 N–H and O–H groups in total. The molecule has 6 heteroatoms. The van der Waals surface area contributed by atoms with E-state index in [1.54, 1.807) is 36.1 Å². The van der Waals surface area contributed by atoms with Gasteiger partial charge in [-0.3, -0.25) is 4.90 Å². The highest BCUT2D eigenvalue weighted by Gasteiger charge is 2.35. The Bertz CT molecular complexity index is 608. The summed E-state index contributed by atoms with van der Waals surface area (Å²) >= 11 is 0. The standard InChI is InChI=1S/C16H21N3O3/c1-4-9-19-10(2)13(15(20)22-3)14(18-16(19)21)11-5-7-12(17)8-6-11/h5-8,14H,4,9,17H2,1-3H3,(H,18,21). The maximum Gasteiger partial charge on any atom is 0.337 e. The zero-order chi connectivity index (χ0) is 16.3. The minimum Gasteiger partial charge on any atom is -0.466 e. The lowest BCUT2D eigenvalue weighted by molar-refractivity contribution is -0.136. The van der Waals surface area contributed by atoms with Crippen molar-refractivity contribution >= 4 is 17.7 Å². The molecule has 2 amide bonds. The van der Waals surface area contributed by atoms with E-state index in [-0.39, 0.29) is 6.03 Å². The topological polar surface area (TPSA) is 84.7 Å². The number of rotatable bonds is 4. The number of amides is 2. The second-order valence-corrected chi connectivity index (χ2v) is 5.19. The number of nitrogens with two attached hydrogens (primary N) is 1. The summed E-state index contributed by atoms with van der Waals surface area (Å²) in [6.45, 7) is 4.29. The second kappa shape index (κ2) is 6.51. The number of ether oxygens (including phenoxy) is 1. The quantitative estimate of drug-likeness (QED) is 0.659. The number of urea groups is 1. The lowest BCUT2D eigenvalue weighted by Gasteiger charge is -2.35. The van der Waals surface area contributed by atoms with Gasteiger partial charge in [-0.15, -0.1) is 0 Å². The van der Waals surface area contributed by atoms with E-state index < -0.39 is 12.0 Å². The van der Waals surface area contributed by atoms with Gasteiger partial charge in [-0.05, 0) is 31.0 Å². The highest BCUT2D eigenvalue weighted by Crippen LogP contribution is 2.31. The fourth-order valence-corrected chi connectivity index (χ4v) is 2.59. The Morgan fingerprint density at radius 1 is 1.36 bits per heavy atom. The first-order chi connectivity index (χ1) is 10.5. The SMILES string of the molecule is CCCN1C(=O)NC(c2ccc(N)cc2)C(C(=O)OC)=C1C. The Balaban J connectivity index is 2.50. The molecular formula is C16H21N3O3. The summed E-state index contributed by atoms with van der Waals surface area (Å²) in [5.41, 5.74) is 8.18. The average Bonchev–Trinajstić information content (AvgIpc) is 2.51. The summed E-state index contributed by atoms with van der Waals surface area (Å²) in [6, 6.07) is 6.33. The van der Waals surface area contributed by atoms with Crippen LogP contribution >= 0.6 is 0 Å². The largest absolute Gasteiger partial charge is 0.466 e. The zero-order valence-corrected chi connectivity index (χ0v) is 13.1. The zero-order valence-electron chi connectivity index (χ0n) is 13.1. The van der Waals surface area contributed by atoms with Gasteiger partial charge in [0.1, 0.15) is 0 Å². The summed E-state index contributed by atoms with van der Waals surface area (Å²) in [5.74, 6) is -0.444. The summed E-state index contributed by atoms with van der Waals surface area (Å²) in [7, 11) is 1.34. The van der Waals surface area contributed by atoms with Crippen LogP contribution in [0.25, 0.3) is 0 Å². The van der Waals surface area contributed by atoms with Crippen LogP contribution in [0, 0.1) is 0 Å². The molecule has 1 atom stereocenters. The minimum absolute atomic E-state index is 0.214. The summed E-state index contributed by atoms with van der Waals surface area (Å²) in [4.78, 5) is 26.1. The molecule has 1 aromatic carbocycles. The molecule has 0 aliphatic carbocycles. The molecular weight excluding hydrogens is 282 g/mol. The Kier molecular flexibility index (Phi) is 4.70. The first-order valence-corrected chi connectivity index (χ1v) is 7.22. The van der Waals surface area contributed by atoms with Gasteiger partial charge in [-0.2, -0.15) is 0 Å². The van der Waals surface area contributed by atoms with Crippen LogP contribution in [-0.4, -0.2) is 30.6 Å².